The van der Waals surface area contributed by atoms with Crippen LogP contribution >= 0.6 is 0 Å². The molecule has 1 aliphatic heterocycles. The Hall–Kier alpha value is -3.34. The molecule has 176 valence electrons. The highest BCUT2D eigenvalue weighted by Crippen LogP contribution is 2.30. The number of rotatable bonds is 7. The van der Waals surface area contributed by atoms with Crippen molar-refractivity contribution >= 4 is 24.0 Å². The molecule has 0 unspecified atom stereocenters. The first-order chi connectivity index (χ1) is 15.1. The zero-order valence-corrected chi connectivity index (χ0v) is 18.5. The van der Waals surface area contributed by atoms with Crippen molar-refractivity contribution in [3.63, 3.8) is 0 Å². The van der Waals surface area contributed by atoms with Gasteiger partial charge in [-0.05, 0) is 24.6 Å². The van der Waals surface area contributed by atoms with E-state index in [1.54, 1.807) is 31.2 Å². The number of benzene rings is 1. The average Bonchev–Trinajstić information content (AvgIpc) is 2.71. The average molecular weight is 453 g/mol. The van der Waals surface area contributed by atoms with Gasteiger partial charge in [0.15, 0.2) is 12.2 Å². The topological polar surface area (TPSA) is 136 Å². The van der Waals surface area contributed by atoms with Crippen molar-refractivity contribution in [3.05, 3.63) is 29.8 Å². The summed E-state index contributed by atoms with van der Waals surface area (Å²) in [4.78, 5) is 46.1. The lowest BCUT2D eigenvalue weighted by Crippen LogP contribution is -2.62. The largest absolute Gasteiger partial charge is 0.461 e. The molecule has 32 heavy (non-hydrogen) atoms. The van der Waals surface area contributed by atoms with E-state index in [0.29, 0.717) is 5.75 Å². The Kier molecular flexibility index (Phi) is 8.82. The zero-order chi connectivity index (χ0) is 23.8. The molecule has 11 heteroatoms. The summed E-state index contributed by atoms with van der Waals surface area (Å²) in [6, 6.07) is 6.69. The molecule has 0 saturated carbocycles. The van der Waals surface area contributed by atoms with Crippen molar-refractivity contribution in [1.29, 1.82) is 0 Å². The van der Waals surface area contributed by atoms with Crippen molar-refractivity contribution in [2.45, 2.75) is 64.9 Å². The van der Waals surface area contributed by atoms with Crippen LogP contribution in [0.3, 0.4) is 0 Å². The molecule has 1 aromatic carbocycles. The first-order valence-corrected chi connectivity index (χ1v) is 9.85. The van der Waals surface area contributed by atoms with Gasteiger partial charge in [0, 0.05) is 27.3 Å². The summed E-state index contributed by atoms with van der Waals surface area (Å²) < 4.78 is 32.1. The van der Waals surface area contributed by atoms with Crippen LogP contribution in [0.5, 0.6) is 5.75 Å². The minimum Gasteiger partial charge on any atom is -0.461 e. The van der Waals surface area contributed by atoms with Gasteiger partial charge in [-0.25, -0.2) is 4.79 Å². The maximum Gasteiger partial charge on any atom is 0.407 e. The van der Waals surface area contributed by atoms with Crippen LogP contribution in [0.1, 0.15) is 33.3 Å². The van der Waals surface area contributed by atoms with E-state index >= 15 is 0 Å². The lowest BCUT2D eigenvalue weighted by molar-refractivity contribution is -0.280. The molecular weight excluding hydrogens is 426 g/mol. The Labute approximate surface area is 185 Å². The van der Waals surface area contributed by atoms with Gasteiger partial charge in [0.1, 0.15) is 5.75 Å². The number of hydrogen-bond acceptors (Lipinski definition) is 10. The number of methoxy groups -OCH3 is 1. The van der Waals surface area contributed by atoms with E-state index in [4.69, 9.17) is 23.7 Å². The maximum atomic E-state index is 11.7. The van der Waals surface area contributed by atoms with Gasteiger partial charge in [0.2, 0.25) is 12.4 Å². The van der Waals surface area contributed by atoms with Crippen LogP contribution in [0.25, 0.3) is 0 Å². The predicted molar refractivity (Wildman–Crippen MR) is 107 cm³/mol. The highest BCUT2D eigenvalue weighted by molar-refractivity contribution is 5.68. The molecule has 0 spiro atoms. The first kappa shape index (κ1) is 24.9. The molecule has 5 atom stereocenters. The summed E-state index contributed by atoms with van der Waals surface area (Å²) in [5.74, 6) is -1.56. The van der Waals surface area contributed by atoms with Gasteiger partial charge in [-0.2, -0.15) is 0 Å². The van der Waals surface area contributed by atoms with Crippen LogP contribution in [-0.4, -0.2) is 61.8 Å². The normalized spacial score (nSPS) is 24.6. The van der Waals surface area contributed by atoms with Crippen LogP contribution in [-0.2, 0) is 44.6 Å². The van der Waals surface area contributed by atoms with Crippen LogP contribution in [0.15, 0.2) is 24.3 Å². The number of ether oxygens (including phenoxy) is 6. The van der Waals surface area contributed by atoms with Crippen molar-refractivity contribution in [2.24, 2.45) is 0 Å². The van der Waals surface area contributed by atoms with Crippen LogP contribution in [0.4, 0.5) is 4.79 Å². The quantitative estimate of drug-likeness (QED) is 0.477. The molecule has 1 N–H and O–H groups in total. The summed E-state index contributed by atoms with van der Waals surface area (Å²) in [5, 5.41) is 2.55. The number of carbonyl (C=O) groups is 4. The third-order valence-corrected chi connectivity index (χ3v) is 4.43. The standard InChI is InChI=1S/C21H27NO10/c1-11-17(29-12(2)23)18(30-13(3)24)19(31-14(4)25)20(28-11)32-16-8-6-15(7-9-16)10-22-21(26)27-5/h6-9,11,17-20H,10H2,1-5H3,(H,22,26)/t11-,17-,18+,19+,20-/m0/s1. The van der Waals surface area contributed by atoms with E-state index in [1.807, 2.05) is 0 Å². The molecule has 0 aromatic heterocycles. The molecule has 1 amide bonds. The van der Waals surface area contributed by atoms with Gasteiger partial charge < -0.3 is 33.7 Å². The maximum absolute atomic E-state index is 11.7. The summed E-state index contributed by atoms with van der Waals surface area (Å²) in [5.41, 5.74) is 0.782. The molecule has 1 fully saturated rings. The zero-order valence-electron chi connectivity index (χ0n) is 18.5. The number of nitrogens with one attached hydrogen (secondary N) is 1. The monoisotopic (exact) mass is 453 g/mol. The van der Waals surface area contributed by atoms with Crippen molar-refractivity contribution < 1.29 is 47.6 Å². The Bertz CT molecular complexity index is 824. The highest BCUT2D eigenvalue weighted by Gasteiger charge is 2.51. The second-order valence-corrected chi connectivity index (χ2v) is 7.04. The number of esters is 3. The summed E-state index contributed by atoms with van der Waals surface area (Å²) in [6.07, 6.45) is -5.78. The van der Waals surface area contributed by atoms with Crippen LogP contribution in [0, 0.1) is 0 Å². The minimum absolute atomic E-state index is 0.249. The van der Waals surface area contributed by atoms with Crippen molar-refractivity contribution in [1.82, 2.24) is 5.32 Å². The third-order valence-electron chi connectivity index (χ3n) is 4.43. The number of hydrogen-bond donors (Lipinski definition) is 1. The predicted octanol–water partition coefficient (Wildman–Crippen LogP) is 1.46. The van der Waals surface area contributed by atoms with Crippen molar-refractivity contribution in [3.8, 4) is 5.75 Å². The molecule has 1 heterocycles. The molecule has 0 radical (unpaired) electrons. The molecule has 1 saturated heterocycles. The summed E-state index contributed by atoms with van der Waals surface area (Å²) >= 11 is 0. The van der Waals surface area contributed by atoms with Gasteiger partial charge in [0.05, 0.1) is 13.2 Å². The fourth-order valence-electron chi connectivity index (χ4n) is 3.13. The SMILES string of the molecule is COC(=O)NCc1ccc(O[C@@H]2O[C@@H](C)[C@H](OC(C)=O)[C@@H](OC(C)=O)[C@H]2OC(C)=O)cc1. The van der Waals surface area contributed by atoms with Crippen molar-refractivity contribution in [2.75, 3.05) is 7.11 Å². The van der Waals surface area contributed by atoms with E-state index < -0.39 is 54.7 Å². The second kappa shape index (κ2) is 11.3. The van der Waals surface area contributed by atoms with Gasteiger partial charge in [-0.3, -0.25) is 14.4 Å². The Balaban J connectivity index is 2.22. The summed E-state index contributed by atoms with van der Waals surface area (Å²) in [7, 11) is 1.27. The third kappa shape index (κ3) is 7.12. The van der Waals surface area contributed by atoms with E-state index in [9.17, 15) is 19.2 Å². The van der Waals surface area contributed by atoms with E-state index in [1.165, 1.54) is 27.9 Å². The molecular formula is C21H27NO10. The fourth-order valence-corrected chi connectivity index (χ4v) is 3.13. The fraction of sp³-hybridized carbons (Fsp3) is 0.524. The van der Waals surface area contributed by atoms with Crippen LogP contribution in [0.2, 0.25) is 0 Å². The molecule has 2 rings (SSSR count). The van der Waals surface area contributed by atoms with Gasteiger partial charge in [-0.15, -0.1) is 0 Å². The van der Waals surface area contributed by atoms with Gasteiger partial charge in [-0.1, -0.05) is 12.1 Å². The van der Waals surface area contributed by atoms with Crippen LogP contribution < -0.4 is 10.1 Å². The van der Waals surface area contributed by atoms with Gasteiger partial charge in [0.25, 0.3) is 0 Å². The molecule has 0 aliphatic carbocycles. The highest BCUT2D eigenvalue weighted by atomic mass is 16.7. The molecule has 1 aliphatic rings. The second-order valence-electron chi connectivity index (χ2n) is 7.04. The molecule has 1 aromatic rings. The molecule has 0 bridgehead atoms. The Morgan fingerprint density at radius 2 is 1.41 bits per heavy atom. The van der Waals surface area contributed by atoms with E-state index in [0.717, 1.165) is 5.56 Å². The first-order valence-electron chi connectivity index (χ1n) is 9.85. The summed E-state index contributed by atoms with van der Waals surface area (Å²) in [6.45, 7) is 5.44. The Morgan fingerprint density at radius 1 is 0.875 bits per heavy atom. The minimum atomic E-state index is -1.20. The van der Waals surface area contributed by atoms with Gasteiger partial charge >= 0.3 is 24.0 Å². The number of carbonyl (C=O) groups excluding carboxylic acids is 4. The van der Waals surface area contributed by atoms with E-state index in [2.05, 4.69) is 10.1 Å². The number of amides is 1. The number of alkyl carbamates (subject to hydrolysis) is 1. The lowest BCUT2D eigenvalue weighted by atomic mass is 9.99. The lowest BCUT2D eigenvalue weighted by Gasteiger charge is -2.43. The Morgan fingerprint density at radius 3 is 1.94 bits per heavy atom. The molecule has 11 nitrogen and oxygen atoms in total. The smallest absolute Gasteiger partial charge is 0.407 e. The van der Waals surface area contributed by atoms with E-state index in [-0.39, 0.29) is 6.54 Å².